The molecule has 94 valence electrons. The molecule has 1 amide bonds. The molecule has 0 radical (unpaired) electrons. The Hall–Kier alpha value is -1.02. The van der Waals surface area contributed by atoms with Gasteiger partial charge >= 0.3 is 0 Å². The first-order valence-electron chi connectivity index (χ1n) is 6.12. The van der Waals surface area contributed by atoms with Crippen LogP contribution in [-0.4, -0.2) is 22.7 Å². The zero-order valence-corrected chi connectivity index (χ0v) is 11.3. The third kappa shape index (κ3) is 4.78. The summed E-state index contributed by atoms with van der Waals surface area (Å²) in [7, 11) is 0. The zero-order valence-electron chi connectivity index (χ0n) is 10.5. The maximum absolute atomic E-state index is 11.9. The fraction of sp³-hybridized carbons (Fsp3) is 0.500. The third-order valence-corrected chi connectivity index (χ3v) is 2.84. The van der Waals surface area contributed by atoms with Gasteiger partial charge in [0.25, 0.3) is 0 Å². The Morgan fingerprint density at radius 3 is 2.53 bits per heavy atom. The molecule has 0 bridgehead atoms. The summed E-state index contributed by atoms with van der Waals surface area (Å²) in [6.07, 6.45) is 2.09. The van der Waals surface area contributed by atoms with Crippen LogP contribution < -0.4 is 0 Å². The van der Waals surface area contributed by atoms with E-state index in [1.54, 1.807) is 6.92 Å². The normalized spacial score (nSPS) is 12.2. The van der Waals surface area contributed by atoms with Crippen molar-refractivity contribution in [3.63, 3.8) is 0 Å². The number of unbranched alkanes of at least 4 members (excludes halogenated alkanes) is 1. The molecule has 0 aromatic heterocycles. The molecule has 0 aliphatic rings. The number of carbonyl (C=O) groups is 1. The van der Waals surface area contributed by atoms with Crippen molar-refractivity contribution in [1.82, 2.24) is 4.90 Å². The highest BCUT2D eigenvalue weighted by Crippen LogP contribution is 2.10. The van der Waals surface area contributed by atoms with Crippen molar-refractivity contribution in [2.24, 2.45) is 0 Å². The fourth-order valence-corrected chi connectivity index (χ4v) is 1.81. The fourth-order valence-electron chi connectivity index (χ4n) is 1.67. The highest BCUT2D eigenvalue weighted by molar-refractivity contribution is 6.30. The summed E-state index contributed by atoms with van der Waals surface area (Å²) in [4.78, 5) is 13.8. The summed E-state index contributed by atoms with van der Waals surface area (Å²) in [6.45, 7) is 5.28. The molecular weight excluding hydrogens is 234 g/mol. The molecule has 0 fully saturated rings. The van der Waals surface area contributed by atoms with E-state index in [0.29, 0.717) is 6.54 Å². The molecule has 3 heteroatoms. The minimum Gasteiger partial charge on any atom is -0.337 e. The van der Waals surface area contributed by atoms with Crippen molar-refractivity contribution in [1.29, 1.82) is 0 Å². The molecule has 0 saturated carbocycles. The second-order valence-electron chi connectivity index (χ2n) is 4.21. The highest BCUT2D eigenvalue weighted by Gasteiger charge is 2.17. The van der Waals surface area contributed by atoms with Crippen LogP contribution in [0.25, 0.3) is 0 Å². The van der Waals surface area contributed by atoms with Crippen LogP contribution >= 0.6 is 11.6 Å². The molecule has 0 unspecified atom stereocenters. The Bertz CT molecular complexity index is 337. The third-order valence-electron chi connectivity index (χ3n) is 2.65. The van der Waals surface area contributed by atoms with E-state index in [1.165, 1.54) is 0 Å². The average molecular weight is 254 g/mol. The summed E-state index contributed by atoms with van der Waals surface area (Å²) in [5, 5.41) is -0.449. The van der Waals surface area contributed by atoms with Gasteiger partial charge in [-0.2, -0.15) is 0 Å². The number of rotatable bonds is 6. The van der Waals surface area contributed by atoms with E-state index in [1.807, 2.05) is 35.2 Å². The minimum atomic E-state index is -0.449. The molecule has 2 nitrogen and oxygen atoms in total. The molecular formula is C14H20ClNO. The van der Waals surface area contributed by atoms with Gasteiger partial charge in [-0.15, -0.1) is 11.6 Å². The Morgan fingerprint density at radius 1 is 1.35 bits per heavy atom. The average Bonchev–Trinajstić information content (AvgIpc) is 2.34. The van der Waals surface area contributed by atoms with Crippen LogP contribution in [0.5, 0.6) is 0 Å². The largest absolute Gasteiger partial charge is 0.337 e. The molecule has 0 N–H and O–H groups in total. The summed E-state index contributed by atoms with van der Waals surface area (Å²) < 4.78 is 0. The Balaban J connectivity index is 2.66. The SMILES string of the molecule is CCCCN(Cc1ccccc1)C(=O)[C@@H](C)Cl. The van der Waals surface area contributed by atoms with E-state index in [2.05, 4.69) is 6.92 Å². The number of carbonyl (C=O) groups excluding carboxylic acids is 1. The molecule has 0 spiro atoms. The van der Waals surface area contributed by atoms with Gasteiger partial charge in [0, 0.05) is 13.1 Å². The summed E-state index contributed by atoms with van der Waals surface area (Å²) in [6, 6.07) is 10.0. The van der Waals surface area contributed by atoms with E-state index in [4.69, 9.17) is 11.6 Å². The lowest BCUT2D eigenvalue weighted by molar-refractivity contribution is -0.131. The second-order valence-corrected chi connectivity index (χ2v) is 4.87. The molecule has 0 saturated heterocycles. The monoisotopic (exact) mass is 253 g/mol. The number of halogens is 1. The lowest BCUT2D eigenvalue weighted by atomic mass is 10.2. The summed E-state index contributed by atoms with van der Waals surface area (Å²) in [5.41, 5.74) is 1.15. The topological polar surface area (TPSA) is 20.3 Å². The smallest absolute Gasteiger partial charge is 0.240 e. The molecule has 1 aromatic carbocycles. The van der Waals surface area contributed by atoms with Crippen molar-refractivity contribution in [3.05, 3.63) is 35.9 Å². The van der Waals surface area contributed by atoms with Gasteiger partial charge in [0.2, 0.25) is 5.91 Å². The van der Waals surface area contributed by atoms with Gasteiger partial charge in [-0.3, -0.25) is 4.79 Å². The van der Waals surface area contributed by atoms with E-state index in [-0.39, 0.29) is 5.91 Å². The number of hydrogen-bond acceptors (Lipinski definition) is 1. The summed E-state index contributed by atoms with van der Waals surface area (Å²) >= 11 is 5.88. The Labute approximate surface area is 109 Å². The molecule has 1 rings (SSSR count). The molecule has 0 aliphatic heterocycles. The molecule has 1 aromatic rings. The number of benzene rings is 1. The van der Waals surface area contributed by atoms with E-state index >= 15 is 0 Å². The van der Waals surface area contributed by atoms with Crippen molar-refractivity contribution in [3.8, 4) is 0 Å². The number of nitrogens with zero attached hydrogens (tertiary/aromatic N) is 1. The Morgan fingerprint density at radius 2 is 2.00 bits per heavy atom. The maximum Gasteiger partial charge on any atom is 0.240 e. The van der Waals surface area contributed by atoms with Gasteiger partial charge in [0.15, 0.2) is 0 Å². The molecule has 17 heavy (non-hydrogen) atoms. The predicted molar refractivity (Wildman–Crippen MR) is 72.1 cm³/mol. The molecule has 1 atom stereocenters. The first-order valence-corrected chi connectivity index (χ1v) is 6.55. The van der Waals surface area contributed by atoms with Crippen LogP contribution in [0.2, 0.25) is 0 Å². The number of amides is 1. The van der Waals surface area contributed by atoms with Crippen LogP contribution in [0.4, 0.5) is 0 Å². The molecule has 0 aliphatic carbocycles. The van der Waals surface area contributed by atoms with Crippen LogP contribution in [-0.2, 0) is 11.3 Å². The van der Waals surface area contributed by atoms with Crippen LogP contribution in [0.3, 0.4) is 0 Å². The highest BCUT2D eigenvalue weighted by atomic mass is 35.5. The Kier molecular flexibility index (Phi) is 6.06. The van der Waals surface area contributed by atoms with Crippen molar-refractivity contribution < 1.29 is 4.79 Å². The minimum absolute atomic E-state index is 0.0176. The maximum atomic E-state index is 11.9. The van der Waals surface area contributed by atoms with E-state index in [9.17, 15) is 4.79 Å². The van der Waals surface area contributed by atoms with Gasteiger partial charge in [-0.25, -0.2) is 0 Å². The van der Waals surface area contributed by atoms with Gasteiger partial charge in [-0.1, -0.05) is 43.7 Å². The van der Waals surface area contributed by atoms with E-state index in [0.717, 1.165) is 24.9 Å². The molecule has 0 heterocycles. The van der Waals surface area contributed by atoms with Crippen molar-refractivity contribution in [2.45, 2.75) is 38.6 Å². The lowest BCUT2D eigenvalue weighted by Gasteiger charge is -2.23. The van der Waals surface area contributed by atoms with Gasteiger partial charge < -0.3 is 4.90 Å². The zero-order chi connectivity index (χ0) is 12.7. The predicted octanol–water partition coefficient (Wildman–Crippen LogP) is 3.44. The number of alkyl halides is 1. The lowest BCUT2D eigenvalue weighted by Crippen LogP contribution is -2.36. The van der Waals surface area contributed by atoms with Crippen LogP contribution in [0.1, 0.15) is 32.3 Å². The summed E-state index contributed by atoms with van der Waals surface area (Å²) in [5.74, 6) is 0.0176. The van der Waals surface area contributed by atoms with Gasteiger partial charge in [0.1, 0.15) is 5.38 Å². The standard InChI is InChI=1S/C14H20ClNO/c1-3-4-10-16(14(17)12(2)15)11-13-8-6-5-7-9-13/h5-9,12H,3-4,10-11H2,1-2H3/t12-/m1/s1. The van der Waals surface area contributed by atoms with E-state index < -0.39 is 5.38 Å². The van der Waals surface area contributed by atoms with Crippen LogP contribution in [0.15, 0.2) is 30.3 Å². The first-order chi connectivity index (χ1) is 8.15. The van der Waals surface area contributed by atoms with Crippen LogP contribution in [0, 0.1) is 0 Å². The van der Waals surface area contributed by atoms with Gasteiger partial charge in [-0.05, 0) is 18.9 Å². The first kappa shape index (κ1) is 14.0. The van der Waals surface area contributed by atoms with Crippen molar-refractivity contribution in [2.75, 3.05) is 6.54 Å². The second kappa shape index (κ2) is 7.33. The quantitative estimate of drug-likeness (QED) is 0.712. The number of hydrogen-bond donors (Lipinski definition) is 0. The van der Waals surface area contributed by atoms with Crippen molar-refractivity contribution >= 4 is 17.5 Å². The van der Waals surface area contributed by atoms with Gasteiger partial charge in [0.05, 0.1) is 0 Å².